The van der Waals surface area contributed by atoms with Crippen LogP contribution in [0, 0.1) is 5.41 Å². The summed E-state index contributed by atoms with van der Waals surface area (Å²) in [6, 6.07) is 70.2. The zero-order valence-electron chi connectivity index (χ0n) is 38.8. The van der Waals surface area contributed by atoms with Crippen LogP contribution in [0.1, 0.15) is 28.4 Å². The number of nitrogens with one attached hydrogen (secondary N) is 1. The molecule has 0 aliphatic carbocycles. The molecule has 0 bridgehead atoms. The van der Waals surface area contributed by atoms with Gasteiger partial charge in [0.25, 0.3) is 0 Å². The van der Waals surface area contributed by atoms with E-state index in [1.165, 1.54) is 16.7 Å². The van der Waals surface area contributed by atoms with Crippen LogP contribution in [-0.2, 0) is 0 Å². The summed E-state index contributed by atoms with van der Waals surface area (Å²) in [5.74, 6) is 0.822. The van der Waals surface area contributed by atoms with Crippen molar-refractivity contribution >= 4 is 93.8 Å². The second-order valence-electron chi connectivity index (χ2n) is 14.8. The zero-order valence-corrected chi connectivity index (χ0v) is 49.0. The standard InChI is InChI=1S/C28H18Br2N2.C15H10Br2O.C13H12N2.C2H6O.ClH.K.H2O/c29-24-14-10-21(11-15-24)26-18-27(22-12-16-25(30)17-13-22)32-28(31-26)23-8-6-20(7-9-23)19-4-2-1-3-5-19;16-13-6-1-11(2-7-13)3-10-15(18)12-4-8-14(17)9-5-12;14-13(15)12-8-6-11(7-9-12)10-4-2-1-3-5-10;1-2-3;;;/h1-18H;1-10H;1-9H,(H3,14,15);3H,2H2,1H3;1H;;1H2/q;;;;;+1;/p-1/b;10-3+;;;;;. The number of carbonyl (C=O) groups is 1. The van der Waals surface area contributed by atoms with Gasteiger partial charge in [-0.2, -0.15) is 0 Å². The third-order valence-electron chi connectivity index (χ3n) is 9.99. The monoisotopic (exact) mass is 1240 g/mol. The Labute approximate surface area is 498 Å². The molecule has 0 aliphatic heterocycles. The summed E-state index contributed by atoms with van der Waals surface area (Å²) >= 11 is 13.7. The molecule has 0 amide bonds. The summed E-state index contributed by atoms with van der Waals surface area (Å²) in [5.41, 5.74) is 17.4. The predicted molar refractivity (Wildman–Crippen MR) is 306 cm³/mol. The maximum Gasteiger partial charge on any atom is 1.00 e. The van der Waals surface area contributed by atoms with Gasteiger partial charge in [-0.25, -0.2) is 9.97 Å². The normalized spacial score (nSPS) is 9.94. The number of ketones is 1. The SMILES string of the molecule is Brc1ccc(-c2cc(-c3ccc(Br)cc3)nc(-c3ccc(-c4ccccc4)cc3)n2)cc1.CCO.Cl.N=C(N)c1ccc(-c2ccccc2)cc1.O=C(/C=C/c1ccc(Br)cc1)c1ccc(Br)cc1.[K+].[OH-]. The average Bonchev–Trinajstić information content (AvgIpc) is 3.38. The number of hydrogen-bond acceptors (Lipinski definition) is 6. The van der Waals surface area contributed by atoms with Gasteiger partial charge in [-0.15, -0.1) is 12.4 Å². The minimum atomic E-state index is 0. The van der Waals surface area contributed by atoms with Crippen molar-refractivity contribution in [3.05, 3.63) is 253 Å². The van der Waals surface area contributed by atoms with Crippen LogP contribution in [0.3, 0.4) is 0 Å². The minimum absolute atomic E-state index is 0. The minimum Gasteiger partial charge on any atom is -0.870 e. The van der Waals surface area contributed by atoms with E-state index < -0.39 is 0 Å². The van der Waals surface area contributed by atoms with Gasteiger partial charge in [-0.1, -0.05) is 215 Å². The molecule has 1 aromatic heterocycles. The fourth-order valence-electron chi connectivity index (χ4n) is 6.48. The number of nitrogens with zero attached hydrogens (tertiary/aromatic N) is 2. The van der Waals surface area contributed by atoms with E-state index >= 15 is 0 Å². The Hall–Kier alpha value is -4.51. The molecule has 9 rings (SSSR count). The molecule has 9 aromatic rings. The first kappa shape index (κ1) is 60.8. The second kappa shape index (κ2) is 31.8. The average molecular weight is 1240 g/mol. The quantitative estimate of drug-likeness (QED) is 0.0432. The predicted octanol–water partition coefficient (Wildman–Crippen LogP) is 13.7. The van der Waals surface area contributed by atoms with Crippen LogP contribution in [0.2, 0.25) is 0 Å². The molecule has 71 heavy (non-hydrogen) atoms. The van der Waals surface area contributed by atoms with Crippen molar-refractivity contribution in [1.29, 1.82) is 5.41 Å². The number of aliphatic hydroxyl groups is 1. The van der Waals surface area contributed by atoms with Crippen LogP contribution in [0.15, 0.2) is 236 Å². The van der Waals surface area contributed by atoms with Gasteiger partial charge in [0.05, 0.1) is 11.4 Å². The third kappa shape index (κ3) is 19.5. The van der Waals surface area contributed by atoms with Gasteiger partial charge in [0.1, 0.15) is 5.84 Å². The largest absolute Gasteiger partial charge is 1.00 e. The Morgan fingerprint density at radius 3 is 1.21 bits per heavy atom. The van der Waals surface area contributed by atoms with Crippen LogP contribution < -0.4 is 57.1 Å². The number of carbonyl (C=O) groups excluding carboxylic acids is 1. The number of benzene rings is 8. The number of rotatable bonds is 9. The first-order valence-corrected chi connectivity index (χ1v) is 24.6. The van der Waals surface area contributed by atoms with Crippen LogP contribution in [0.5, 0.6) is 0 Å². The van der Waals surface area contributed by atoms with E-state index in [2.05, 4.69) is 149 Å². The molecule has 0 saturated carbocycles. The van der Waals surface area contributed by atoms with E-state index in [1.807, 2.05) is 121 Å². The molecule has 5 N–H and O–H groups in total. The van der Waals surface area contributed by atoms with E-state index in [4.69, 9.17) is 26.2 Å². The van der Waals surface area contributed by atoms with E-state index in [0.717, 1.165) is 62.7 Å². The number of halogens is 5. The smallest absolute Gasteiger partial charge is 0.870 e. The van der Waals surface area contributed by atoms with Gasteiger partial charge in [0.2, 0.25) is 0 Å². The van der Waals surface area contributed by atoms with Crippen molar-refractivity contribution < 1.29 is 66.8 Å². The molecule has 0 atom stereocenters. The summed E-state index contributed by atoms with van der Waals surface area (Å²) in [7, 11) is 0. The van der Waals surface area contributed by atoms with Crippen molar-refractivity contribution in [2.75, 3.05) is 6.61 Å². The molecule has 0 spiro atoms. The zero-order chi connectivity index (χ0) is 48.3. The molecular formula is C58H48Br4ClKN4O3. The molecule has 0 saturated heterocycles. The first-order chi connectivity index (χ1) is 33.0. The molecule has 1 heterocycles. The van der Waals surface area contributed by atoms with E-state index in [9.17, 15) is 4.79 Å². The second-order valence-corrected chi connectivity index (χ2v) is 18.5. The van der Waals surface area contributed by atoms with Crippen molar-refractivity contribution in [1.82, 2.24) is 9.97 Å². The molecule has 0 fully saturated rings. The fraction of sp³-hybridized carbons (Fsp3) is 0.0345. The Bertz CT molecular complexity index is 2980. The number of nitrogen functional groups attached to an aromatic ring is 1. The number of amidine groups is 1. The van der Waals surface area contributed by atoms with Gasteiger partial charge in [-0.05, 0) is 108 Å². The summed E-state index contributed by atoms with van der Waals surface area (Å²) in [4.78, 5) is 21.7. The number of aromatic nitrogens is 2. The number of nitrogens with two attached hydrogens (primary N) is 1. The molecular weight excluding hydrogens is 1190 g/mol. The van der Waals surface area contributed by atoms with E-state index in [0.29, 0.717) is 11.4 Å². The van der Waals surface area contributed by atoms with Gasteiger partial charge in [-0.3, -0.25) is 10.2 Å². The summed E-state index contributed by atoms with van der Waals surface area (Å²) < 4.78 is 4.08. The molecule has 13 heteroatoms. The Morgan fingerprint density at radius 1 is 0.507 bits per heavy atom. The number of aliphatic hydroxyl groups excluding tert-OH is 1. The Morgan fingerprint density at radius 2 is 0.817 bits per heavy atom. The van der Waals surface area contributed by atoms with Crippen LogP contribution in [0.25, 0.3) is 62.2 Å². The van der Waals surface area contributed by atoms with Gasteiger partial charge >= 0.3 is 51.4 Å². The molecule has 8 aromatic carbocycles. The van der Waals surface area contributed by atoms with E-state index in [-0.39, 0.29) is 87.5 Å². The maximum absolute atomic E-state index is 11.9. The van der Waals surface area contributed by atoms with Gasteiger partial charge in [0, 0.05) is 52.3 Å². The van der Waals surface area contributed by atoms with Crippen LogP contribution in [-0.4, -0.2) is 38.8 Å². The van der Waals surface area contributed by atoms with Gasteiger partial charge < -0.3 is 16.3 Å². The van der Waals surface area contributed by atoms with E-state index in [1.54, 1.807) is 25.1 Å². The first-order valence-electron chi connectivity index (χ1n) is 21.4. The molecule has 0 unspecified atom stereocenters. The maximum atomic E-state index is 11.9. The molecule has 7 nitrogen and oxygen atoms in total. The summed E-state index contributed by atoms with van der Waals surface area (Å²) in [6.07, 6.45) is 3.41. The Balaban J connectivity index is 0.000000291. The summed E-state index contributed by atoms with van der Waals surface area (Å²) in [5, 5.41) is 14.9. The summed E-state index contributed by atoms with van der Waals surface area (Å²) in [6.45, 7) is 1.93. The third-order valence-corrected chi connectivity index (χ3v) is 12.1. The topological polar surface area (TPSA) is 143 Å². The molecule has 0 aliphatic rings. The van der Waals surface area contributed by atoms with Crippen LogP contribution >= 0.6 is 76.1 Å². The molecule has 0 radical (unpaired) electrons. The van der Waals surface area contributed by atoms with Gasteiger partial charge in [0.15, 0.2) is 11.6 Å². The van der Waals surface area contributed by atoms with Crippen molar-refractivity contribution in [3.63, 3.8) is 0 Å². The number of hydrogen-bond donors (Lipinski definition) is 3. The van der Waals surface area contributed by atoms with Crippen LogP contribution in [0.4, 0.5) is 0 Å². The Kier molecular flexibility index (Phi) is 27.3. The number of allylic oxidation sites excluding steroid dienone is 1. The fourth-order valence-corrected chi connectivity index (χ4v) is 7.54. The van der Waals surface area contributed by atoms with Crippen molar-refractivity contribution in [2.45, 2.75) is 6.92 Å². The van der Waals surface area contributed by atoms with Crippen molar-refractivity contribution in [3.8, 4) is 56.2 Å². The molecule has 354 valence electrons. The van der Waals surface area contributed by atoms with Crippen molar-refractivity contribution in [2.24, 2.45) is 5.73 Å².